The van der Waals surface area contributed by atoms with E-state index in [0.29, 0.717) is 0 Å². The predicted octanol–water partition coefficient (Wildman–Crippen LogP) is 4.77. The van der Waals surface area contributed by atoms with Gasteiger partial charge in [0.1, 0.15) is 5.58 Å². The molecule has 0 saturated carbocycles. The highest BCUT2D eigenvalue weighted by molar-refractivity contribution is 6.10. The van der Waals surface area contributed by atoms with E-state index in [1.54, 1.807) is 0 Å². The van der Waals surface area contributed by atoms with E-state index in [9.17, 15) is 0 Å². The monoisotopic (exact) mass is 292 g/mol. The number of hydrogen-bond acceptors (Lipinski definition) is 3. The second-order valence-corrected chi connectivity index (χ2v) is 5.98. The Morgan fingerprint density at radius 1 is 0.955 bits per heavy atom. The maximum absolute atomic E-state index is 6.28. The van der Waals surface area contributed by atoms with Gasteiger partial charge in [0.2, 0.25) is 0 Å². The van der Waals surface area contributed by atoms with Gasteiger partial charge in [-0.3, -0.25) is 0 Å². The lowest BCUT2D eigenvalue weighted by atomic mass is 10.1. The topological polar surface area (TPSA) is 19.6 Å². The number of anilines is 1. The fourth-order valence-electron chi connectivity index (χ4n) is 3.26. The van der Waals surface area contributed by atoms with E-state index in [0.717, 1.165) is 24.4 Å². The molecule has 0 bridgehead atoms. The van der Waals surface area contributed by atoms with Crippen LogP contribution < -0.4 is 4.90 Å². The number of aryl methyl sites for hydroxylation is 2. The van der Waals surface area contributed by atoms with Crippen LogP contribution >= 0.6 is 0 Å². The zero-order valence-corrected chi connectivity index (χ0v) is 13.3. The summed E-state index contributed by atoms with van der Waals surface area (Å²) in [6, 6.07) is 10.7. The first-order chi connectivity index (χ1) is 10.7. The smallest absolute Gasteiger partial charge is 0.159 e. The Labute approximate surface area is 130 Å². The Morgan fingerprint density at radius 2 is 1.77 bits per heavy atom. The van der Waals surface area contributed by atoms with Gasteiger partial charge in [-0.25, -0.2) is 0 Å². The first kappa shape index (κ1) is 13.3. The molecule has 1 aliphatic rings. The minimum absolute atomic E-state index is 0.881. The third kappa shape index (κ3) is 1.82. The van der Waals surface area contributed by atoms with Crippen LogP contribution in [0.2, 0.25) is 0 Å². The molecule has 0 radical (unpaired) electrons. The van der Waals surface area contributed by atoms with Crippen LogP contribution in [0.25, 0.3) is 21.9 Å². The summed E-state index contributed by atoms with van der Waals surface area (Å²) >= 11 is 0. The lowest BCUT2D eigenvalue weighted by Crippen LogP contribution is -2.25. The van der Waals surface area contributed by atoms with Crippen LogP contribution in [0.15, 0.2) is 47.1 Å². The zero-order chi connectivity index (χ0) is 15.3. The Hall–Kier alpha value is -2.42. The molecule has 112 valence electrons. The Morgan fingerprint density at radius 3 is 2.55 bits per heavy atom. The fourth-order valence-corrected chi connectivity index (χ4v) is 3.26. The summed E-state index contributed by atoms with van der Waals surface area (Å²) in [5.41, 5.74) is 5.60. The second-order valence-electron chi connectivity index (χ2n) is 5.98. The second kappa shape index (κ2) is 4.80. The van der Waals surface area contributed by atoms with Crippen molar-refractivity contribution in [2.45, 2.75) is 20.8 Å². The van der Waals surface area contributed by atoms with Gasteiger partial charge < -0.3 is 14.2 Å². The molecule has 1 aromatic heterocycles. The molecule has 1 aliphatic heterocycles. The molecule has 0 N–H and O–H groups in total. The van der Waals surface area contributed by atoms with Crippen molar-refractivity contribution in [1.29, 1.82) is 0 Å². The molecule has 0 spiro atoms. The average Bonchev–Trinajstić information content (AvgIpc) is 3.12. The maximum atomic E-state index is 6.28. The number of benzene rings is 2. The van der Waals surface area contributed by atoms with E-state index in [1.165, 1.54) is 27.6 Å². The molecule has 0 atom stereocenters. The van der Waals surface area contributed by atoms with Crippen molar-refractivity contribution in [3.63, 3.8) is 0 Å². The van der Waals surface area contributed by atoms with Crippen molar-refractivity contribution in [3.8, 4) is 0 Å². The maximum Gasteiger partial charge on any atom is 0.159 e. The first-order valence-electron chi connectivity index (χ1n) is 7.79. The quantitative estimate of drug-likeness (QED) is 0.678. The molecule has 0 amide bonds. The SMILES string of the molecule is CCN1C=CN(c2c(C)ccc3c2oc2c(C)cccc23)C1. The minimum atomic E-state index is 0.881. The lowest BCUT2D eigenvalue weighted by molar-refractivity contribution is 0.429. The average molecular weight is 292 g/mol. The van der Waals surface area contributed by atoms with Crippen LogP contribution in [0.5, 0.6) is 0 Å². The molecule has 3 nitrogen and oxygen atoms in total. The number of nitrogens with zero attached hydrogens (tertiary/aromatic N) is 2. The molecule has 4 rings (SSSR count). The van der Waals surface area contributed by atoms with E-state index < -0.39 is 0 Å². The van der Waals surface area contributed by atoms with E-state index in [1.807, 2.05) is 0 Å². The summed E-state index contributed by atoms with van der Waals surface area (Å²) in [7, 11) is 0. The normalized spacial score (nSPS) is 14.7. The summed E-state index contributed by atoms with van der Waals surface area (Å²) in [5, 5.41) is 2.40. The van der Waals surface area contributed by atoms with Gasteiger partial charge in [-0.1, -0.05) is 30.3 Å². The lowest BCUT2D eigenvalue weighted by Gasteiger charge is -2.21. The summed E-state index contributed by atoms with van der Waals surface area (Å²) in [4.78, 5) is 4.56. The number of para-hydroxylation sites is 1. The molecule has 0 saturated heterocycles. The van der Waals surface area contributed by atoms with Crippen LogP contribution in [-0.2, 0) is 0 Å². The zero-order valence-electron chi connectivity index (χ0n) is 13.3. The van der Waals surface area contributed by atoms with Crippen LogP contribution in [0.3, 0.4) is 0 Å². The van der Waals surface area contributed by atoms with E-state index in [-0.39, 0.29) is 0 Å². The molecule has 3 aromatic rings. The van der Waals surface area contributed by atoms with E-state index >= 15 is 0 Å². The highest BCUT2D eigenvalue weighted by atomic mass is 16.3. The molecular weight excluding hydrogens is 272 g/mol. The predicted molar refractivity (Wildman–Crippen MR) is 92.1 cm³/mol. The first-order valence-corrected chi connectivity index (χ1v) is 7.79. The van der Waals surface area contributed by atoms with Crippen molar-refractivity contribution >= 4 is 27.6 Å². The van der Waals surface area contributed by atoms with E-state index in [4.69, 9.17) is 4.42 Å². The number of furan rings is 1. The van der Waals surface area contributed by atoms with Gasteiger partial charge in [-0.05, 0) is 31.9 Å². The van der Waals surface area contributed by atoms with Crippen molar-refractivity contribution in [3.05, 3.63) is 53.9 Å². The van der Waals surface area contributed by atoms with Gasteiger partial charge in [-0.15, -0.1) is 0 Å². The summed E-state index contributed by atoms with van der Waals surface area (Å²) in [6.45, 7) is 8.32. The molecule has 0 fully saturated rings. The third-order valence-corrected chi connectivity index (χ3v) is 4.52. The highest BCUT2D eigenvalue weighted by Gasteiger charge is 2.20. The Balaban J connectivity index is 1.98. The van der Waals surface area contributed by atoms with Crippen LogP contribution in [0, 0.1) is 13.8 Å². The van der Waals surface area contributed by atoms with Gasteiger partial charge in [0.15, 0.2) is 5.58 Å². The molecular formula is C19H20N2O. The standard InChI is InChI=1S/C19H20N2O/c1-4-20-10-11-21(12-20)17-13(2)8-9-16-15-7-5-6-14(3)18(15)22-19(16)17/h5-11H,4,12H2,1-3H3. The Kier molecular flexibility index (Phi) is 2.89. The van der Waals surface area contributed by atoms with Crippen LogP contribution in [0.4, 0.5) is 5.69 Å². The summed E-state index contributed by atoms with van der Waals surface area (Å²) in [6.07, 6.45) is 4.29. The number of rotatable bonds is 2. The van der Waals surface area contributed by atoms with Gasteiger partial charge in [-0.2, -0.15) is 0 Å². The Bertz CT molecular complexity index is 891. The van der Waals surface area contributed by atoms with Crippen LogP contribution in [-0.4, -0.2) is 18.1 Å². The molecule has 2 heterocycles. The van der Waals surface area contributed by atoms with Gasteiger partial charge in [0, 0.05) is 29.7 Å². The van der Waals surface area contributed by atoms with Crippen molar-refractivity contribution in [2.24, 2.45) is 0 Å². The number of hydrogen-bond donors (Lipinski definition) is 0. The summed E-state index contributed by atoms with van der Waals surface area (Å²) in [5.74, 6) is 0. The molecule has 22 heavy (non-hydrogen) atoms. The number of fused-ring (bicyclic) bond motifs is 3. The molecule has 3 heteroatoms. The highest BCUT2D eigenvalue weighted by Crippen LogP contribution is 2.39. The largest absolute Gasteiger partial charge is 0.454 e. The minimum Gasteiger partial charge on any atom is -0.454 e. The molecule has 2 aromatic carbocycles. The summed E-state index contributed by atoms with van der Waals surface area (Å²) < 4.78 is 6.28. The molecule has 0 unspecified atom stereocenters. The van der Waals surface area contributed by atoms with Gasteiger partial charge in [0.25, 0.3) is 0 Å². The van der Waals surface area contributed by atoms with E-state index in [2.05, 4.69) is 73.3 Å². The van der Waals surface area contributed by atoms with Crippen molar-refractivity contribution in [1.82, 2.24) is 4.90 Å². The van der Waals surface area contributed by atoms with Crippen LogP contribution in [0.1, 0.15) is 18.1 Å². The van der Waals surface area contributed by atoms with Gasteiger partial charge in [0.05, 0.1) is 12.4 Å². The van der Waals surface area contributed by atoms with Gasteiger partial charge >= 0.3 is 0 Å². The third-order valence-electron chi connectivity index (χ3n) is 4.52. The fraction of sp³-hybridized carbons (Fsp3) is 0.263. The van der Waals surface area contributed by atoms with Crippen molar-refractivity contribution < 1.29 is 4.42 Å². The molecule has 0 aliphatic carbocycles. The van der Waals surface area contributed by atoms with Crippen molar-refractivity contribution in [2.75, 3.05) is 18.1 Å².